The monoisotopic (exact) mass is 347 g/mol. The van der Waals surface area contributed by atoms with Crippen LogP contribution in [0.25, 0.3) is 0 Å². The van der Waals surface area contributed by atoms with Crippen LogP contribution in [-0.4, -0.2) is 66.9 Å². The molecule has 25 heavy (non-hydrogen) atoms. The summed E-state index contributed by atoms with van der Waals surface area (Å²) in [6.45, 7) is 13.1. The molecule has 2 saturated heterocycles. The molecule has 1 amide bonds. The highest BCUT2D eigenvalue weighted by molar-refractivity contribution is 5.95. The maximum Gasteiger partial charge on any atom is 0.257 e. The number of nitrogens with zero attached hydrogens (tertiary/aromatic N) is 3. The van der Waals surface area contributed by atoms with E-state index in [0.717, 1.165) is 69.3 Å². The zero-order valence-electron chi connectivity index (χ0n) is 16.3. The predicted molar refractivity (Wildman–Crippen MR) is 99.8 cm³/mol. The van der Waals surface area contributed by atoms with E-state index in [-0.39, 0.29) is 5.91 Å². The third kappa shape index (κ3) is 3.93. The second-order valence-corrected chi connectivity index (χ2v) is 7.92. The maximum atomic E-state index is 13.0. The van der Waals surface area contributed by atoms with Gasteiger partial charge in [0, 0.05) is 13.1 Å². The molecular weight excluding hydrogens is 314 g/mol. The van der Waals surface area contributed by atoms with Gasteiger partial charge in [0.25, 0.3) is 5.91 Å². The standard InChI is InChI=1S/C20H33N3O2/c1-5-22(6-2)14-17-13-18(16(3)25-17)19(24)23-12-9-20(15-23)7-10-21(4)11-8-20/h13H,5-12,14-15H2,1-4H3. The van der Waals surface area contributed by atoms with Gasteiger partial charge in [-0.2, -0.15) is 0 Å². The Labute approximate surface area is 151 Å². The van der Waals surface area contributed by atoms with Crippen molar-refractivity contribution in [3.05, 3.63) is 23.2 Å². The molecule has 5 nitrogen and oxygen atoms in total. The topological polar surface area (TPSA) is 39.9 Å². The van der Waals surface area contributed by atoms with Crippen LogP contribution in [0.5, 0.6) is 0 Å². The molecule has 1 aromatic rings. The molecule has 3 rings (SSSR count). The van der Waals surface area contributed by atoms with Gasteiger partial charge in [-0.15, -0.1) is 0 Å². The van der Waals surface area contributed by atoms with Crippen molar-refractivity contribution in [2.24, 2.45) is 5.41 Å². The Morgan fingerprint density at radius 2 is 1.84 bits per heavy atom. The van der Waals surface area contributed by atoms with Crippen LogP contribution in [0.1, 0.15) is 55.0 Å². The summed E-state index contributed by atoms with van der Waals surface area (Å²) in [4.78, 5) is 19.8. The van der Waals surface area contributed by atoms with Crippen molar-refractivity contribution in [3.8, 4) is 0 Å². The van der Waals surface area contributed by atoms with E-state index in [2.05, 4.69) is 35.6 Å². The third-order valence-corrected chi connectivity index (χ3v) is 6.25. The van der Waals surface area contributed by atoms with Crippen molar-refractivity contribution in [2.45, 2.75) is 46.6 Å². The molecule has 0 unspecified atom stereocenters. The molecule has 0 saturated carbocycles. The molecule has 2 fully saturated rings. The molecule has 3 heterocycles. The molecule has 0 aliphatic carbocycles. The Kier molecular flexibility index (Phi) is 5.54. The van der Waals surface area contributed by atoms with Crippen LogP contribution in [0.4, 0.5) is 0 Å². The fourth-order valence-corrected chi connectivity index (χ4v) is 4.28. The van der Waals surface area contributed by atoms with E-state index in [9.17, 15) is 4.79 Å². The van der Waals surface area contributed by atoms with Gasteiger partial charge in [-0.05, 0) is 70.9 Å². The lowest BCUT2D eigenvalue weighted by atomic mass is 9.78. The van der Waals surface area contributed by atoms with E-state index in [0.29, 0.717) is 5.41 Å². The van der Waals surface area contributed by atoms with Gasteiger partial charge in [-0.1, -0.05) is 13.8 Å². The summed E-state index contributed by atoms with van der Waals surface area (Å²) < 4.78 is 5.88. The number of piperidine rings is 1. The largest absolute Gasteiger partial charge is 0.464 e. The Hall–Kier alpha value is -1.33. The van der Waals surface area contributed by atoms with Crippen molar-refractivity contribution < 1.29 is 9.21 Å². The quantitative estimate of drug-likeness (QED) is 0.821. The van der Waals surface area contributed by atoms with Gasteiger partial charge < -0.3 is 14.2 Å². The van der Waals surface area contributed by atoms with Crippen LogP contribution in [-0.2, 0) is 6.54 Å². The minimum atomic E-state index is 0.155. The number of rotatable bonds is 5. The number of hydrogen-bond donors (Lipinski definition) is 0. The molecule has 0 atom stereocenters. The minimum absolute atomic E-state index is 0.155. The highest BCUT2D eigenvalue weighted by atomic mass is 16.3. The van der Waals surface area contributed by atoms with Gasteiger partial charge in [-0.25, -0.2) is 0 Å². The molecule has 0 aromatic carbocycles. The first-order valence-corrected chi connectivity index (χ1v) is 9.76. The van der Waals surface area contributed by atoms with Crippen molar-refractivity contribution in [3.63, 3.8) is 0 Å². The summed E-state index contributed by atoms with van der Waals surface area (Å²) in [5, 5.41) is 0. The average Bonchev–Trinajstić information content (AvgIpc) is 3.19. The summed E-state index contributed by atoms with van der Waals surface area (Å²) in [6.07, 6.45) is 3.57. The van der Waals surface area contributed by atoms with Gasteiger partial charge in [0.1, 0.15) is 11.5 Å². The molecule has 5 heteroatoms. The van der Waals surface area contributed by atoms with E-state index in [1.807, 2.05) is 13.0 Å². The lowest BCUT2D eigenvalue weighted by molar-refractivity contribution is 0.0735. The zero-order valence-corrected chi connectivity index (χ0v) is 16.3. The van der Waals surface area contributed by atoms with E-state index < -0.39 is 0 Å². The second kappa shape index (κ2) is 7.50. The molecule has 140 valence electrons. The normalized spacial score (nSPS) is 20.8. The number of amides is 1. The van der Waals surface area contributed by atoms with Gasteiger partial charge in [-0.3, -0.25) is 9.69 Å². The number of hydrogen-bond acceptors (Lipinski definition) is 4. The molecule has 2 aliphatic rings. The maximum absolute atomic E-state index is 13.0. The minimum Gasteiger partial charge on any atom is -0.464 e. The predicted octanol–water partition coefficient (Wildman–Crippen LogP) is 2.99. The van der Waals surface area contributed by atoms with E-state index in [1.54, 1.807) is 0 Å². The first-order valence-electron chi connectivity index (χ1n) is 9.76. The molecule has 0 N–H and O–H groups in total. The SMILES string of the molecule is CCN(CC)Cc1cc(C(=O)N2CCC3(CCN(C)CC3)C2)c(C)o1. The van der Waals surface area contributed by atoms with Crippen molar-refractivity contribution >= 4 is 5.91 Å². The summed E-state index contributed by atoms with van der Waals surface area (Å²) in [5.74, 6) is 1.82. The fourth-order valence-electron chi connectivity index (χ4n) is 4.28. The smallest absolute Gasteiger partial charge is 0.257 e. The number of carbonyl (C=O) groups is 1. The van der Waals surface area contributed by atoms with Gasteiger partial charge in [0.05, 0.1) is 12.1 Å². The highest BCUT2D eigenvalue weighted by Crippen LogP contribution is 2.40. The number of carbonyl (C=O) groups excluding carboxylic acids is 1. The van der Waals surface area contributed by atoms with Gasteiger partial charge in [0.15, 0.2) is 0 Å². The molecular formula is C20H33N3O2. The van der Waals surface area contributed by atoms with Crippen LogP contribution < -0.4 is 0 Å². The molecule has 0 bridgehead atoms. The summed E-state index contributed by atoms with van der Waals surface area (Å²) in [7, 11) is 2.19. The van der Waals surface area contributed by atoms with Gasteiger partial charge in [0.2, 0.25) is 0 Å². The first kappa shape index (κ1) is 18.5. The van der Waals surface area contributed by atoms with Crippen molar-refractivity contribution in [2.75, 3.05) is 46.3 Å². The Morgan fingerprint density at radius 3 is 2.48 bits per heavy atom. The first-order chi connectivity index (χ1) is 12.0. The summed E-state index contributed by atoms with van der Waals surface area (Å²) in [6, 6.07) is 1.97. The van der Waals surface area contributed by atoms with E-state index in [1.165, 1.54) is 12.8 Å². The van der Waals surface area contributed by atoms with E-state index in [4.69, 9.17) is 4.42 Å². The van der Waals surface area contributed by atoms with Gasteiger partial charge >= 0.3 is 0 Å². The molecule has 0 radical (unpaired) electrons. The van der Waals surface area contributed by atoms with Crippen LogP contribution in [0.15, 0.2) is 10.5 Å². The number of likely N-dealkylation sites (tertiary alicyclic amines) is 2. The lowest BCUT2D eigenvalue weighted by Crippen LogP contribution is -2.40. The molecule has 2 aliphatic heterocycles. The highest BCUT2D eigenvalue weighted by Gasteiger charge is 2.42. The Bertz CT molecular complexity index is 598. The second-order valence-electron chi connectivity index (χ2n) is 7.92. The van der Waals surface area contributed by atoms with Crippen LogP contribution >= 0.6 is 0 Å². The molecule has 1 spiro atoms. The van der Waals surface area contributed by atoms with Crippen LogP contribution in [0.2, 0.25) is 0 Å². The van der Waals surface area contributed by atoms with E-state index >= 15 is 0 Å². The number of furan rings is 1. The number of aryl methyl sites for hydroxylation is 1. The third-order valence-electron chi connectivity index (χ3n) is 6.25. The summed E-state index contributed by atoms with van der Waals surface area (Å²) >= 11 is 0. The zero-order chi connectivity index (χ0) is 18.0. The lowest BCUT2D eigenvalue weighted by Gasteiger charge is -2.37. The average molecular weight is 348 g/mol. The Morgan fingerprint density at radius 1 is 1.20 bits per heavy atom. The van der Waals surface area contributed by atoms with Crippen molar-refractivity contribution in [1.82, 2.24) is 14.7 Å². The van der Waals surface area contributed by atoms with Crippen LogP contribution in [0.3, 0.4) is 0 Å². The Balaban J connectivity index is 1.66. The van der Waals surface area contributed by atoms with Crippen LogP contribution in [0, 0.1) is 12.3 Å². The van der Waals surface area contributed by atoms with Crippen molar-refractivity contribution in [1.29, 1.82) is 0 Å². The summed E-state index contributed by atoms with van der Waals surface area (Å²) in [5.41, 5.74) is 1.11. The molecule has 1 aromatic heterocycles. The fraction of sp³-hybridized carbons (Fsp3) is 0.750.